The fraction of sp³-hybridized carbons (Fsp3) is 0.400. The van der Waals surface area contributed by atoms with Gasteiger partial charge in [0.25, 0.3) is 0 Å². The number of aliphatic hydroxyl groups excluding tert-OH is 2. The topological polar surface area (TPSA) is 40.5 Å². The second-order valence-electron chi connectivity index (χ2n) is 3.11. The molecule has 0 amide bonds. The molecule has 0 bridgehead atoms. The summed E-state index contributed by atoms with van der Waals surface area (Å²) in [5, 5.41) is 19.0. The largest absolute Gasteiger partial charge is 0.389 e. The summed E-state index contributed by atoms with van der Waals surface area (Å²) >= 11 is 3.92. The van der Waals surface area contributed by atoms with Crippen LogP contribution in [0.4, 0.5) is 0 Å². The van der Waals surface area contributed by atoms with Crippen molar-refractivity contribution in [3.8, 4) is 0 Å². The maximum atomic E-state index is 9.61. The average molecular weight is 198 g/mol. The molecular formula is C10H14O2S. The van der Waals surface area contributed by atoms with Crippen molar-refractivity contribution in [1.82, 2.24) is 0 Å². The first-order valence-corrected chi connectivity index (χ1v) is 4.82. The third-order valence-corrected chi connectivity index (χ3v) is 2.31. The molecule has 1 aromatic rings. The van der Waals surface area contributed by atoms with E-state index in [1.165, 1.54) is 0 Å². The summed E-state index contributed by atoms with van der Waals surface area (Å²) in [4.78, 5) is 0. The van der Waals surface area contributed by atoms with Gasteiger partial charge in [-0.15, -0.1) is 0 Å². The summed E-state index contributed by atoms with van der Waals surface area (Å²) < 4.78 is 0. The fourth-order valence-electron chi connectivity index (χ4n) is 1.18. The Balaban J connectivity index is 2.82. The maximum Gasteiger partial charge on any atom is 0.106 e. The third-order valence-electron chi connectivity index (χ3n) is 1.94. The molecule has 2 nitrogen and oxygen atoms in total. The summed E-state index contributed by atoms with van der Waals surface area (Å²) in [7, 11) is 0. The number of benzene rings is 1. The van der Waals surface area contributed by atoms with Crippen molar-refractivity contribution in [2.24, 2.45) is 0 Å². The minimum Gasteiger partial charge on any atom is -0.389 e. The van der Waals surface area contributed by atoms with Crippen LogP contribution in [0.2, 0.25) is 0 Å². The zero-order valence-electron chi connectivity index (χ0n) is 7.51. The fourth-order valence-corrected chi connectivity index (χ4v) is 1.38. The van der Waals surface area contributed by atoms with Crippen molar-refractivity contribution in [1.29, 1.82) is 0 Å². The van der Waals surface area contributed by atoms with E-state index in [-0.39, 0.29) is 5.75 Å². The molecule has 1 rings (SSSR count). The summed E-state index contributed by atoms with van der Waals surface area (Å²) in [6.07, 6.45) is -1.64. The van der Waals surface area contributed by atoms with Gasteiger partial charge in [0.1, 0.15) is 6.10 Å². The highest BCUT2D eigenvalue weighted by atomic mass is 32.1. The first kappa shape index (κ1) is 10.6. The number of thiol groups is 1. The monoisotopic (exact) mass is 198 g/mol. The summed E-state index contributed by atoms with van der Waals surface area (Å²) in [6.45, 7) is 1.95. The average Bonchev–Trinajstić information content (AvgIpc) is 2.15. The number of aryl methyl sites for hydroxylation is 1. The smallest absolute Gasteiger partial charge is 0.106 e. The number of hydrogen-bond acceptors (Lipinski definition) is 3. The molecule has 0 radical (unpaired) electrons. The van der Waals surface area contributed by atoms with Gasteiger partial charge in [0.15, 0.2) is 0 Å². The highest BCUT2D eigenvalue weighted by Gasteiger charge is 2.16. The minimum atomic E-state index is -0.836. The Morgan fingerprint density at radius 2 is 2.08 bits per heavy atom. The van der Waals surface area contributed by atoms with Crippen molar-refractivity contribution in [3.63, 3.8) is 0 Å². The van der Waals surface area contributed by atoms with E-state index < -0.39 is 12.2 Å². The normalized spacial score (nSPS) is 15.4. The Labute approximate surface area is 83.6 Å². The molecule has 0 heterocycles. The molecule has 0 aliphatic rings. The lowest BCUT2D eigenvalue weighted by Gasteiger charge is -2.16. The Morgan fingerprint density at radius 1 is 1.38 bits per heavy atom. The molecule has 0 fully saturated rings. The molecule has 1 aromatic carbocycles. The molecule has 0 spiro atoms. The first-order chi connectivity index (χ1) is 6.15. The predicted octanol–water partition coefficient (Wildman–Crippen LogP) is 1.32. The molecule has 0 aliphatic carbocycles. The standard InChI is InChI=1S/C10H14O2S/c1-7-3-2-4-8(5-7)10(12)9(11)6-13/h2-5,9-13H,6H2,1H3. The summed E-state index contributed by atoms with van der Waals surface area (Å²) in [6, 6.07) is 7.46. The van der Waals surface area contributed by atoms with Gasteiger partial charge in [-0.05, 0) is 12.5 Å². The van der Waals surface area contributed by atoms with E-state index in [0.29, 0.717) is 0 Å². The van der Waals surface area contributed by atoms with Crippen molar-refractivity contribution in [2.45, 2.75) is 19.1 Å². The highest BCUT2D eigenvalue weighted by Crippen LogP contribution is 2.18. The van der Waals surface area contributed by atoms with E-state index in [9.17, 15) is 10.2 Å². The van der Waals surface area contributed by atoms with Crippen LogP contribution in [-0.2, 0) is 0 Å². The highest BCUT2D eigenvalue weighted by molar-refractivity contribution is 7.80. The third kappa shape index (κ3) is 2.72. The Bertz CT molecular complexity index is 275. The molecule has 0 aromatic heterocycles. The second-order valence-corrected chi connectivity index (χ2v) is 3.47. The van der Waals surface area contributed by atoms with E-state index in [1.54, 1.807) is 6.07 Å². The van der Waals surface area contributed by atoms with Crippen molar-refractivity contribution in [3.05, 3.63) is 35.4 Å². The molecule has 3 heteroatoms. The molecule has 0 aliphatic heterocycles. The zero-order valence-corrected chi connectivity index (χ0v) is 8.41. The molecule has 13 heavy (non-hydrogen) atoms. The molecule has 72 valence electrons. The van der Waals surface area contributed by atoms with Gasteiger partial charge in [-0.1, -0.05) is 29.8 Å². The van der Waals surface area contributed by atoms with Crippen molar-refractivity contribution < 1.29 is 10.2 Å². The number of hydrogen-bond donors (Lipinski definition) is 3. The molecule has 2 atom stereocenters. The lowest BCUT2D eigenvalue weighted by Crippen LogP contribution is -2.19. The Hall–Kier alpha value is -0.510. The van der Waals surface area contributed by atoms with E-state index >= 15 is 0 Å². The van der Waals surface area contributed by atoms with Gasteiger partial charge in [-0.2, -0.15) is 12.6 Å². The Kier molecular flexibility index (Phi) is 3.78. The van der Waals surface area contributed by atoms with E-state index in [4.69, 9.17) is 0 Å². The van der Waals surface area contributed by atoms with Gasteiger partial charge < -0.3 is 10.2 Å². The van der Waals surface area contributed by atoms with Gasteiger partial charge in [0.05, 0.1) is 6.10 Å². The Morgan fingerprint density at radius 3 is 2.62 bits per heavy atom. The number of aliphatic hydroxyl groups is 2. The van der Waals surface area contributed by atoms with Crippen LogP contribution in [-0.4, -0.2) is 22.1 Å². The molecule has 0 saturated carbocycles. The van der Waals surface area contributed by atoms with Gasteiger partial charge in [0.2, 0.25) is 0 Å². The van der Waals surface area contributed by atoms with Gasteiger partial charge in [0, 0.05) is 5.75 Å². The lowest BCUT2D eigenvalue weighted by molar-refractivity contribution is 0.0337. The molecular weight excluding hydrogens is 184 g/mol. The van der Waals surface area contributed by atoms with E-state index in [2.05, 4.69) is 12.6 Å². The zero-order chi connectivity index (χ0) is 9.84. The lowest BCUT2D eigenvalue weighted by atomic mass is 10.0. The van der Waals surface area contributed by atoms with Crippen LogP contribution in [0.5, 0.6) is 0 Å². The molecule has 2 N–H and O–H groups in total. The van der Waals surface area contributed by atoms with Crippen LogP contribution in [0.1, 0.15) is 17.2 Å². The van der Waals surface area contributed by atoms with Gasteiger partial charge in [-0.3, -0.25) is 0 Å². The first-order valence-electron chi connectivity index (χ1n) is 4.18. The molecule has 0 saturated heterocycles. The van der Waals surface area contributed by atoms with Gasteiger partial charge in [-0.25, -0.2) is 0 Å². The summed E-state index contributed by atoms with van der Waals surface area (Å²) in [5.41, 5.74) is 1.81. The minimum absolute atomic E-state index is 0.259. The SMILES string of the molecule is Cc1cccc(C(O)C(O)CS)c1. The van der Waals surface area contributed by atoms with Crippen LogP contribution in [0.25, 0.3) is 0 Å². The molecule has 2 unspecified atom stereocenters. The van der Waals surface area contributed by atoms with Crippen molar-refractivity contribution in [2.75, 3.05) is 5.75 Å². The second kappa shape index (κ2) is 4.65. The van der Waals surface area contributed by atoms with Crippen LogP contribution in [0.15, 0.2) is 24.3 Å². The van der Waals surface area contributed by atoms with Crippen LogP contribution < -0.4 is 0 Å². The van der Waals surface area contributed by atoms with E-state index in [0.717, 1.165) is 11.1 Å². The quantitative estimate of drug-likeness (QED) is 0.641. The van der Waals surface area contributed by atoms with Gasteiger partial charge >= 0.3 is 0 Å². The van der Waals surface area contributed by atoms with Crippen LogP contribution in [0, 0.1) is 6.92 Å². The predicted molar refractivity (Wildman–Crippen MR) is 56.0 cm³/mol. The van der Waals surface area contributed by atoms with Crippen LogP contribution in [0.3, 0.4) is 0 Å². The maximum absolute atomic E-state index is 9.61. The van der Waals surface area contributed by atoms with Crippen LogP contribution >= 0.6 is 12.6 Å². The summed E-state index contributed by atoms with van der Waals surface area (Å²) in [5.74, 6) is 0.259. The number of rotatable bonds is 3. The van der Waals surface area contributed by atoms with E-state index in [1.807, 2.05) is 25.1 Å². The van der Waals surface area contributed by atoms with Crippen molar-refractivity contribution >= 4 is 12.6 Å².